The Hall–Kier alpha value is -3.22. The van der Waals surface area contributed by atoms with Crippen molar-refractivity contribution in [3.63, 3.8) is 0 Å². The summed E-state index contributed by atoms with van der Waals surface area (Å²) >= 11 is 0. The van der Waals surface area contributed by atoms with Crippen molar-refractivity contribution in [1.82, 2.24) is 15.1 Å². The molecule has 0 bridgehead atoms. The Morgan fingerprint density at radius 3 is 2.39 bits per heavy atom. The van der Waals surface area contributed by atoms with Crippen LogP contribution in [0.5, 0.6) is 0 Å². The lowest BCUT2D eigenvalue weighted by molar-refractivity contribution is -0.157. The van der Waals surface area contributed by atoms with Crippen molar-refractivity contribution in [3.8, 4) is 0 Å². The molecule has 6 nitrogen and oxygen atoms in total. The van der Waals surface area contributed by atoms with Gasteiger partial charge in [-0.1, -0.05) is 42.0 Å². The fraction of sp³-hybridized carbons (Fsp3) is 0.286. The van der Waals surface area contributed by atoms with Gasteiger partial charge in [-0.05, 0) is 30.2 Å². The first-order chi connectivity index (χ1) is 13.4. The van der Waals surface area contributed by atoms with E-state index in [0.717, 1.165) is 16.7 Å². The highest BCUT2D eigenvalue weighted by Crippen LogP contribution is 2.12. The fourth-order valence-corrected chi connectivity index (χ4v) is 3.08. The van der Waals surface area contributed by atoms with Crippen LogP contribution in [0.25, 0.3) is 0 Å². The van der Waals surface area contributed by atoms with Gasteiger partial charge in [-0.25, -0.2) is 4.39 Å². The molecule has 28 heavy (non-hydrogen) atoms. The molecule has 0 radical (unpaired) electrons. The zero-order chi connectivity index (χ0) is 20.1. The lowest BCUT2D eigenvalue weighted by Crippen LogP contribution is -2.55. The van der Waals surface area contributed by atoms with Crippen molar-refractivity contribution in [2.45, 2.75) is 20.0 Å². The molecule has 1 N–H and O–H groups in total. The van der Waals surface area contributed by atoms with E-state index in [9.17, 15) is 18.8 Å². The molecule has 0 atom stereocenters. The Morgan fingerprint density at radius 2 is 1.68 bits per heavy atom. The van der Waals surface area contributed by atoms with E-state index in [1.807, 2.05) is 31.2 Å². The van der Waals surface area contributed by atoms with Gasteiger partial charge in [-0.15, -0.1) is 0 Å². The highest BCUT2D eigenvalue weighted by molar-refractivity contribution is 6.35. The number of aryl methyl sites for hydroxylation is 1. The molecule has 0 unspecified atom stereocenters. The topological polar surface area (TPSA) is 69.7 Å². The molecule has 3 rings (SSSR count). The average Bonchev–Trinajstić information content (AvgIpc) is 2.67. The van der Waals surface area contributed by atoms with E-state index >= 15 is 0 Å². The molecule has 0 saturated carbocycles. The van der Waals surface area contributed by atoms with Crippen molar-refractivity contribution < 1.29 is 18.8 Å². The molecule has 1 saturated heterocycles. The van der Waals surface area contributed by atoms with Gasteiger partial charge in [-0.3, -0.25) is 14.4 Å². The van der Waals surface area contributed by atoms with E-state index in [1.54, 1.807) is 12.1 Å². The molecular weight excluding hydrogens is 361 g/mol. The number of rotatable bonds is 6. The first-order valence-corrected chi connectivity index (χ1v) is 9.07. The summed E-state index contributed by atoms with van der Waals surface area (Å²) in [6.07, 6.45) is 0. The monoisotopic (exact) mass is 383 g/mol. The lowest BCUT2D eigenvalue weighted by Gasteiger charge is -2.33. The standard InChI is InChI=1S/C21H22FN3O3/c1-15-3-2-4-17(11-15)13-24-9-10-25(21(28)20(24)27)14-19(26)23-12-16-5-7-18(22)8-6-16/h2-8,11H,9-10,12-14H2,1H3,(H,23,26). The van der Waals surface area contributed by atoms with Gasteiger partial charge >= 0.3 is 11.8 Å². The van der Waals surface area contributed by atoms with E-state index in [4.69, 9.17) is 0 Å². The van der Waals surface area contributed by atoms with E-state index in [0.29, 0.717) is 19.6 Å². The van der Waals surface area contributed by atoms with E-state index in [-0.39, 0.29) is 24.8 Å². The number of carbonyl (C=O) groups excluding carboxylic acids is 3. The molecule has 2 aromatic rings. The van der Waals surface area contributed by atoms with Crippen molar-refractivity contribution in [2.75, 3.05) is 19.6 Å². The Balaban J connectivity index is 1.51. The molecular formula is C21H22FN3O3. The second-order valence-electron chi connectivity index (χ2n) is 6.85. The van der Waals surface area contributed by atoms with Gasteiger partial charge in [0.15, 0.2) is 0 Å². The first-order valence-electron chi connectivity index (χ1n) is 9.07. The molecule has 0 spiro atoms. The minimum Gasteiger partial charge on any atom is -0.350 e. The van der Waals surface area contributed by atoms with Gasteiger partial charge in [0.25, 0.3) is 0 Å². The summed E-state index contributed by atoms with van der Waals surface area (Å²) in [5.41, 5.74) is 2.81. The maximum atomic E-state index is 12.9. The van der Waals surface area contributed by atoms with Gasteiger partial charge in [0, 0.05) is 26.2 Å². The third-order valence-corrected chi connectivity index (χ3v) is 4.59. The second kappa shape index (κ2) is 8.65. The summed E-state index contributed by atoms with van der Waals surface area (Å²) in [5.74, 6) is -1.98. The van der Waals surface area contributed by atoms with Crippen LogP contribution in [0.1, 0.15) is 16.7 Å². The van der Waals surface area contributed by atoms with E-state index in [2.05, 4.69) is 5.32 Å². The molecule has 0 aliphatic carbocycles. The normalized spacial score (nSPS) is 14.4. The van der Waals surface area contributed by atoms with Crippen LogP contribution in [0.15, 0.2) is 48.5 Å². The third-order valence-electron chi connectivity index (χ3n) is 4.59. The second-order valence-corrected chi connectivity index (χ2v) is 6.85. The highest BCUT2D eigenvalue weighted by Gasteiger charge is 2.33. The van der Waals surface area contributed by atoms with Crippen LogP contribution in [0.3, 0.4) is 0 Å². The zero-order valence-electron chi connectivity index (χ0n) is 15.7. The number of hydrogen-bond donors (Lipinski definition) is 1. The number of nitrogens with zero attached hydrogens (tertiary/aromatic N) is 2. The molecule has 1 aliphatic rings. The molecule has 146 valence electrons. The van der Waals surface area contributed by atoms with Crippen LogP contribution < -0.4 is 5.32 Å². The van der Waals surface area contributed by atoms with Crippen molar-refractivity contribution in [1.29, 1.82) is 0 Å². The predicted octanol–water partition coefficient (Wildman–Crippen LogP) is 1.62. The lowest BCUT2D eigenvalue weighted by atomic mass is 10.1. The van der Waals surface area contributed by atoms with Crippen LogP contribution in [-0.2, 0) is 27.5 Å². The molecule has 1 fully saturated rings. The Morgan fingerprint density at radius 1 is 1.00 bits per heavy atom. The Labute approximate surface area is 162 Å². The summed E-state index contributed by atoms with van der Waals surface area (Å²) in [6, 6.07) is 13.6. The molecule has 2 aromatic carbocycles. The predicted molar refractivity (Wildman–Crippen MR) is 101 cm³/mol. The number of piperazine rings is 1. The van der Waals surface area contributed by atoms with Crippen molar-refractivity contribution in [2.24, 2.45) is 0 Å². The van der Waals surface area contributed by atoms with Crippen LogP contribution in [-0.4, -0.2) is 47.2 Å². The van der Waals surface area contributed by atoms with E-state index in [1.165, 1.54) is 21.9 Å². The highest BCUT2D eigenvalue weighted by atomic mass is 19.1. The van der Waals surface area contributed by atoms with Gasteiger partial charge < -0.3 is 15.1 Å². The summed E-state index contributed by atoms with van der Waals surface area (Å²) in [4.78, 5) is 39.6. The number of benzene rings is 2. The van der Waals surface area contributed by atoms with Crippen LogP contribution >= 0.6 is 0 Å². The van der Waals surface area contributed by atoms with Gasteiger partial charge in [0.2, 0.25) is 5.91 Å². The third kappa shape index (κ3) is 4.94. The van der Waals surface area contributed by atoms with Gasteiger partial charge in [0.05, 0.1) is 0 Å². The fourth-order valence-electron chi connectivity index (χ4n) is 3.08. The van der Waals surface area contributed by atoms with Crippen molar-refractivity contribution in [3.05, 3.63) is 71.0 Å². The number of carbonyl (C=O) groups is 3. The van der Waals surface area contributed by atoms with Crippen LogP contribution in [0.4, 0.5) is 4.39 Å². The molecule has 0 aromatic heterocycles. The van der Waals surface area contributed by atoms with Crippen LogP contribution in [0.2, 0.25) is 0 Å². The maximum Gasteiger partial charge on any atom is 0.312 e. The zero-order valence-corrected chi connectivity index (χ0v) is 15.7. The largest absolute Gasteiger partial charge is 0.350 e. The van der Waals surface area contributed by atoms with Gasteiger partial charge in [-0.2, -0.15) is 0 Å². The SMILES string of the molecule is Cc1cccc(CN2CCN(CC(=O)NCc3ccc(F)cc3)C(=O)C2=O)c1. The summed E-state index contributed by atoms with van der Waals surface area (Å²) in [6.45, 7) is 3.08. The smallest absolute Gasteiger partial charge is 0.312 e. The number of hydrogen-bond acceptors (Lipinski definition) is 3. The first kappa shape index (κ1) is 19.5. The Kier molecular flexibility index (Phi) is 6.03. The molecule has 1 aliphatic heterocycles. The summed E-state index contributed by atoms with van der Waals surface area (Å²) in [5, 5.41) is 2.68. The molecule has 1 heterocycles. The molecule has 7 heteroatoms. The summed E-state index contributed by atoms with van der Waals surface area (Å²) in [7, 11) is 0. The average molecular weight is 383 g/mol. The minimum atomic E-state index is -0.671. The minimum absolute atomic E-state index is 0.177. The van der Waals surface area contributed by atoms with E-state index < -0.39 is 11.8 Å². The quantitative estimate of drug-likeness (QED) is 0.771. The van der Waals surface area contributed by atoms with Crippen molar-refractivity contribution >= 4 is 17.7 Å². The Bertz CT molecular complexity index is 883. The van der Waals surface area contributed by atoms with Crippen LogP contribution in [0, 0.1) is 12.7 Å². The number of halogens is 1. The number of amides is 3. The maximum absolute atomic E-state index is 12.9. The number of nitrogens with one attached hydrogen (secondary N) is 1. The summed E-state index contributed by atoms with van der Waals surface area (Å²) < 4.78 is 12.9. The van der Waals surface area contributed by atoms with Gasteiger partial charge in [0.1, 0.15) is 12.4 Å². The molecule has 3 amide bonds.